The molecule has 3 rings (SSSR count). The Morgan fingerprint density at radius 3 is 2.56 bits per heavy atom. The van der Waals surface area contributed by atoms with Gasteiger partial charge in [0.15, 0.2) is 0 Å². The molecule has 27 heavy (non-hydrogen) atoms. The Kier molecular flexibility index (Phi) is 6.00. The third-order valence-electron chi connectivity index (χ3n) is 3.33. The number of anilines is 2. The van der Waals surface area contributed by atoms with Crippen LogP contribution in [0.1, 0.15) is 10.4 Å². The van der Waals surface area contributed by atoms with Crippen LogP contribution in [0.5, 0.6) is 0 Å². The molecule has 0 saturated heterocycles. The van der Waals surface area contributed by atoms with Gasteiger partial charge in [0.25, 0.3) is 20.3 Å². The van der Waals surface area contributed by atoms with E-state index in [0.717, 1.165) is 16.2 Å². The number of amides is 1. The summed E-state index contributed by atoms with van der Waals surface area (Å²) in [5.41, 5.74) is 0.702. The van der Waals surface area contributed by atoms with E-state index >= 15 is 0 Å². The molecule has 0 aliphatic rings. The van der Waals surface area contributed by atoms with Crippen molar-refractivity contribution in [3.8, 4) is 0 Å². The fraction of sp³-hybridized carbons (Fsp3) is 0.0625. The molecule has 2 aromatic carbocycles. The van der Waals surface area contributed by atoms with E-state index in [1.165, 1.54) is 11.8 Å². The van der Waals surface area contributed by atoms with Crippen molar-refractivity contribution in [2.24, 2.45) is 0 Å². The number of thioether (sulfide) groups is 1. The third kappa shape index (κ3) is 4.59. The molecule has 2 N–H and O–H groups in total. The largest absolute Gasteiger partial charge is 0.296 e. The van der Waals surface area contributed by atoms with E-state index in [1.807, 2.05) is 12.3 Å². The van der Waals surface area contributed by atoms with E-state index in [2.05, 4.69) is 20.2 Å². The average Bonchev–Trinajstić information content (AvgIpc) is 3.11. The van der Waals surface area contributed by atoms with Gasteiger partial charge in [0, 0.05) is 4.90 Å². The average molecular weight is 441 g/mol. The predicted octanol–water partition coefficient (Wildman–Crippen LogP) is 3.97. The van der Waals surface area contributed by atoms with Gasteiger partial charge < -0.3 is 0 Å². The Balaban J connectivity index is 1.78. The summed E-state index contributed by atoms with van der Waals surface area (Å²) in [5, 5.41) is 10.2. The Labute approximate surface area is 169 Å². The summed E-state index contributed by atoms with van der Waals surface area (Å²) in [6.07, 6.45) is 1.85. The Bertz CT molecular complexity index is 1090. The number of sulfonamides is 1. The standard InChI is InChI=1S/C16H13ClN4O3S3/c1-25-13-9-5-4-8-12(13)21-27(23,24)16-20-19-15(26-16)18-14(22)10-6-2-3-7-11(10)17/h2-9,21H,1H3,(H,18,19,22). The van der Waals surface area contributed by atoms with Crippen molar-refractivity contribution in [1.82, 2.24) is 10.2 Å². The number of nitrogens with one attached hydrogen (secondary N) is 2. The molecule has 7 nitrogen and oxygen atoms in total. The van der Waals surface area contributed by atoms with Gasteiger partial charge in [-0.2, -0.15) is 8.42 Å². The number of hydrogen-bond acceptors (Lipinski definition) is 7. The summed E-state index contributed by atoms with van der Waals surface area (Å²) in [5.74, 6) is -0.499. The molecule has 1 amide bonds. The second-order valence-corrected chi connectivity index (χ2v) is 9.20. The normalized spacial score (nSPS) is 11.2. The molecule has 0 radical (unpaired) electrons. The highest BCUT2D eigenvalue weighted by molar-refractivity contribution is 7.99. The van der Waals surface area contributed by atoms with Crippen LogP contribution in [0.3, 0.4) is 0 Å². The summed E-state index contributed by atoms with van der Waals surface area (Å²) < 4.78 is 27.3. The van der Waals surface area contributed by atoms with Crippen LogP contribution < -0.4 is 10.0 Å². The fourth-order valence-electron chi connectivity index (χ4n) is 2.10. The number of carbonyl (C=O) groups is 1. The number of nitrogens with zero attached hydrogens (tertiary/aromatic N) is 2. The Morgan fingerprint density at radius 1 is 1.11 bits per heavy atom. The van der Waals surface area contributed by atoms with Crippen molar-refractivity contribution in [3.05, 3.63) is 59.1 Å². The van der Waals surface area contributed by atoms with Crippen LogP contribution in [0.25, 0.3) is 0 Å². The molecule has 1 heterocycles. The fourth-order valence-corrected chi connectivity index (χ4v) is 4.91. The topological polar surface area (TPSA) is 101 Å². The highest BCUT2D eigenvalue weighted by Crippen LogP contribution is 2.29. The summed E-state index contributed by atoms with van der Waals surface area (Å²) >= 11 is 8.14. The summed E-state index contributed by atoms with van der Waals surface area (Å²) in [7, 11) is -3.93. The van der Waals surface area contributed by atoms with Crippen molar-refractivity contribution in [3.63, 3.8) is 0 Å². The number of aromatic nitrogens is 2. The molecule has 0 unspecified atom stereocenters. The number of carbonyl (C=O) groups excluding carboxylic acids is 1. The van der Waals surface area contributed by atoms with Gasteiger partial charge in [-0.25, -0.2) is 0 Å². The minimum atomic E-state index is -3.93. The SMILES string of the molecule is CSc1ccccc1NS(=O)(=O)c1nnc(NC(=O)c2ccccc2Cl)s1. The first-order chi connectivity index (χ1) is 12.9. The van der Waals surface area contributed by atoms with Crippen LogP contribution in [-0.2, 0) is 10.0 Å². The monoisotopic (exact) mass is 440 g/mol. The van der Waals surface area contributed by atoms with Gasteiger partial charge in [-0.3, -0.25) is 14.8 Å². The first kappa shape index (κ1) is 19.6. The van der Waals surface area contributed by atoms with E-state index in [4.69, 9.17) is 11.6 Å². The number of rotatable bonds is 6. The predicted molar refractivity (Wildman–Crippen MR) is 108 cm³/mol. The van der Waals surface area contributed by atoms with E-state index in [1.54, 1.807) is 42.5 Å². The number of halogens is 1. The van der Waals surface area contributed by atoms with Crippen molar-refractivity contribution in [1.29, 1.82) is 0 Å². The molecular formula is C16H13ClN4O3S3. The summed E-state index contributed by atoms with van der Waals surface area (Å²) in [4.78, 5) is 13.0. The van der Waals surface area contributed by atoms with E-state index in [0.29, 0.717) is 5.69 Å². The lowest BCUT2D eigenvalue weighted by Gasteiger charge is -2.08. The van der Waals surface area contributed by atoms with Crippen LogP contribution in [0.4, 0.5) is 10.8 Å². The van der Waals surface area contributed by atoms with Gasteiger partial charge in [-0.1, -0.05) is 47.2 Å². The van der Waals surface area contributed by atoms with Gasteiger partial charge in [-0.15, -0.1) is 22.0 Å². The quantitative estimate of drug-likeness (QED) is 0.444. The molecule has 140 valence electrons. The van der Waals surface area contributed by atoms with Crippen molar-refractivity contribution in [2.45, 2.75) is 9.24 Å². The van der Waals surface area contributed by atoms with Gasteiger partial charge in [0.05, 0.1) is 16.3 Å². The van der Waals surface area contributed by atoms with E-state index in [9.17, 15) is 13.2 Å². The van der Waals surface area contributed by atoms with Gasteiger partial charge >= 0.3 is 0 Å². The third-order valence-corrected chi connectivity index (χ3v) is 7.02. The lowest BCUT2D eigenvalue weighted by atomic mass is 10.2. The smallest absolute Gasteiger partial charge is 0.291 e. The van der Waals surface area contributed by atoms with E-state index < -0.39 is 15.9 Å². The van der Waals surface area contributed by atoms with Crippen LogP contribution in [0, 0.1) is 0 Å². The first-order valence-corrected chi connectivity index (χ1v) is 11.4. The zero-order valence-corrected chi connectivity index (χ0v) is 17.0. The zero-order chi connectivity index (χ0) is 19.4. The molecule has 11 heteroatoms. The molecule has 0 saturated carbocycles. The Morgan fingerprint density at radius 2 is 1.81 bits per heavy atom. The second-order valence-electron chi connectivity index (χ2n) is 5.11. The maximum Gasteiger partial charge on any atom is 0.291 e. The highest BCUT2D eigenvalue weighted by Gasteiger charge is 2.22. The number of para-hydroxylation sites is 1. The Hall–Kier alpha value is -2.14. The molecule has 0 fully saturated rings. The van der Waals surface area contributed by atoms with Gasteiger partial charge in [0.2, 0.25) is 5.13 Å². The van der Waals surface area contributed by atoms with Crippen LogP contribution in [0.2, 0.25) is 5.02 Å². The molecular weight excluding hydrogens is 428 g/mol. The number of benzene rings is 2. The highest BCUT2D eigenvalue weighted by atomic mass is 35.5. The minimum Gasteiger partial charge on any atom is -0.296 e. The lowest BCUT2D eigenvalue weighted by molar-refractivity contribution is 0.102. The maximum atomic E-state index is 12.5. The molecule has 0 bridgehead atoms. The molecule has 0 aliphatic heterocycles. The maximum absolute atomic E-state index is 12.5. The molecule has 0 spiro atoms. The van der Waals surface area contributed by atoms with Crippen LogP contribution >= 0.6 is 34.7 Å². The lowest BCUT2D eigenvalue weighted by Crippen LogP contribution is -2.13. The second kappa shape index (κ2) is 8.26. The van der Waals surface area contributed by atoms with Crippen molar-refractivity contribution in [2.75, 3.05) is 16.3 Å². The van der Waals surface area contributed by atoms with E-state index in [-0.39, 0.29) is 20.1 Å². The van der Waals surface area contributed by atoms with Gasteiger partial charge in [-0.05, 0) is 30.5 Å². The van der Waals surface area contributed by atoms with Crippen molar-refractivity contribution >= 4 is 61.4 Å². The first-order valence-electron chi connectivity index (χ1n) is 7.46. The zero-order valence-electron chi connectivity index (χ0n) is 13.8. The molecule has 0 aliphatic carbocycles. The molecule has 1 aromatic heterocycles. The minimum absolute atomic E-state index is 0.0541. The summed E-state index contributed by atoms with van der Waals surface area (Å²) in [6, 6.07) is 13.5. The number of hydrogen-bond donors (Lipinski definition) is 2. The van der Waals surface area contributed by atoms with Gasteiger partial charge in [0.1, 0.15) is 0 Å². The molecule has 0 atom stereocenters. The molecule has 3 aromatic rings. The summed E-state index contributed by atoms with van der Waals surface area (Å²) in [6.45, 7) is 0. The van der Waals surface area contributed by atoms with Crippen molar-refractivity contribution < 1.29 is 13.2 Å². The van der Waals surface area contributed by atoms with Crippen LogP contribution in [-0.4, -0.2) is 30.8 Å². The van der Waals surface area contributed by atoms with Crippen LogP contribution in [0.15, 0.2) is 57.8 Å².